The average Bonchev–Trinajstić information content (AvgIpc) is 2.69. The lowest BCUT2D eigenvalue weighted by Crippen LogP contribution is -2.17. The van der Waals surface area contributed by atoms with Gasteiger partial charge in [0.05, 0.1) is 11.8 Å². The van der Waals surface area contributed by atoms with E-state index >= 15 is 0 Å². The lowest BCUT2D eigenvalue weighted by molar-refractivity contribution is 0.0734. The number of rotatable bonds is 5. The molecule has 0 spiro atoms. The first-order valence-electron chi connectivity index (χ1n) is 8.52. The zero-order valence-electron chi connectivity index (χ0n) is 15.1. The minimum Gasteiger partial charge on any atom is -0.508 e. The molecule has 0 atom stereocenters. The summed E-state index contributed by atoms with van der Waals surface area (Å²) >= 11 is 0. The molecule has 2 N–H and O–H groups in total. The van der Waals surface area contributed by atoms with E-state index < -0.39 is 11.9 Å². The third kappa shape index (κ3) is 5.04. The van der Waals surface area contributed by atoms with Crippen molar-refractivity contribution in [3.05, 3.63) is 95.1 Å². The van der Waals surface area contributed by atoms with E-state index in [9.17, 15) is 14.7 Å². The molecule has 0 radical (unpaired) electrons. The molecule has 0 aromatic heterocycles. The topological polar surface area (TPSA) is 88.0 Å². The van der Waals surface area contributed by atoms with Gasteiger partial charge in [-0.3, -0.25) is 4.79 Å². The van der Waals surface area contributed by atoms with Gasteiger partial charge in [0.25, 0.3) is 5.91 Å². The van der Waals surface area contributed by atoms with Crippen molar-refractivity contribution in [2.45, 2.75) is 6.92 Å². The van der Waals surface area contributed by atoms with Crippen LogP contribution in [0.1, 0.15) is 31.8 Å². The highest BCUT2D eigenvalue weighted by Crippen LogP contribution is 2.14. The Morgan fingerprint density at radius 1 is 0.964 bits per heavy atom. The van der Waals surface area contributed by atoms with Crippen molar-refractivity contribution >= 4 is 18.1 Å². The first-order valence-corrected chi connectivity index (χ1v) is 8.52. The van der Waals surface area contributed by atoms with Crippen molar-refractivity contribution in [1.82, 2.24) is 5.43 Å². The molecule has 0 heterocycles. The summed E-state index contributed by atoms with van der Waals surface area (Å²) in [5, 5.41) is 13.3. The molecule has 0 saturated heterocycles. The van der Waals surface area contributed by atoms with E-state index in [1.807, 2.05) is 19.1 Å². The number of phenolic OH excluding ortho intramolecular Hbond substituents is 1. The Hall–Kier alpha value is -3.93. The maximum atomic E-state index is 12.1. The van der Waals surface area contributed by atoms with Gasteiger partial charge in [-0.15, -0.1) is 0 Å². The highest BCUT2D eigenvalue weighted by Gasteiger charge is 2.08. The standard InChI is InChI=1S/C22H18N2O4/c1-15-5-9-17(10-6-15)22(27)28-20-11-7-16(8-12-20)14-23-24-21(26)18-3-2-4-19(25)13-18/h2-14,25H,1H3,(H,24,26). The normalized spacial score (nSPS) is 10.6. The number of hydrogen-bond donors (Lipinski definition) is 2. The van der Waals surface area contributed by atoms with Gasteiger partial charge >= 0.3 is 5.97 Å². The summed E-state index contributed by atoms with van der Waals surface area (Å²) in [5.74, 6) is -0.450. The van der Waals surface area contributed by atoms with Gasteiger partial charge in [0.15, 0.2) is 0 Å². The molecular formula is C22H18N2O4. The Bertz CT molecular complexity index is 1010. The third-order valence-corrected chi connectivity index (χ3v) is 3.87. The maximum Gasteiger partial charge on any atom is 0.343 e. The SMILES string of the molecule is Cc1ccc(C(=O)Oc2ccc(C=NNC(=O)c3cccc(O)c3)cc2)cc1. The van der Waals surface area contributed by atoms with Gasteiger partial charge in [-0.2, -0.15) is 5.10 Å². The molecule has 28 heavy (non-hydrogen) atoms. The van der Waals surface area contributed by atoms with Crippen LogP contribution in [0.15, 0.2) is 77.9 Å². The van der Waals surface area contributed by atoms with Gasteiger partial charge in [-0.1, -0.05) is 23.8 Å². The second-order valence-electron chi connectivity index (χ2n) is 6.07. The Morgan fingerprint density at radius 2 is 1.68 bits per heavy atom. The monoisotopic (exact) mass is 374 g/mol. The molecule has 0 saturated carbocycles. The summed E-state index contributed by atoms with van der Waals surface area (Å²) in [6.07, 6.45) is 1.46. The van der Waals surface area contributed by atoms with Crippen LogP contribution in [-0.2, 0) is 0 Å². The van der Waals surface area contributed by atoms with Gasteiger partial charge < -0.3 is 9.84 Å². The van der Waals surface area contributed by atoms with Gasteiger partial charge in [-0.25, -0.2) is 10.2 Å². The van der Waals surface area contributed by atoms with Crippen LogP contribution in [-0.4, -0.2) is 23.2 Å². The predicted molar refractivity (Wildman–Crippen MR) is 106 cm³/mol. The zero-order chi connectivity index (χ0) is 19.9. The van der Waals surface area contributed by atoms with E-state index in [1.165, 1.54) is 18.3 Å². The Balaban J connectivity index is 1.56. The fourth-order valence-electron chi connectivity index (χ4n) is 2.35. The molecule has 3 aromatic rings. The minimum atomic E-state index is -0.434. The molecule has 1 amide bonds. The third-order valence-electron chi connectivity index (χ3n) is 3.87. The van der Waals surface area contributed by atoms with Crippen molar-refractivity contribution in [1.29, 1.82) is 0 Å². The van der Waals surface area contributed by atoms with Crippen LogP contribution < -0.4 is 10.2 Å². The van der Waals surface area contributed by atoms with Crippen molar-refractivity contribution in [3.63, 3.8) is 0 Å². The van der Waals surface area contributed by atoms with E-state index in [-0.39, 0.29) is 5.75 Å². The lowest BCUT2D eigenvalue weighted by Gasteiger charge is -2.05. The van der Waals surface area contributed by atoms with Crippen molar-refractivity contribution < 1.29 is 19.4 Å². The average molecular weight is 374 g/mol. The van der Waals surface area contributed by atoms with Crippen LogP contribution in [0.5, 0.6) is 11.5 Å². The van der Waals surface area contributed by atoms with Crippen molar-refractivity contribution in [2.75, 3.05) is 0 Å². The molecule has 0 bridgehead atoms. The van der Waals surface area contributed by atoms with Crippen molar-refractivity contribution in [2.24, 2.45) is 5.10 Å². The summed E-state index contributed by atoms with van der Waals surface area (Å²) < 4.78 is 5.33. The number of nitrogens with zero attached hydrogens (tertiary/aromatic N) is 1. The van der Waals surface area contributed by atoms with Gasteiger partial charge in [0.1, 0.15) is 11.5 Å². The van der Waals surface area contributed by atoms with Crippen molar-refractivity contribution in [3.8, 4) is 11.5 Å². The quantitative estimate of drug-likeness (QED) is 0.309. The first-order chi connectivity index (χ1) is 13.5. The number of aryl methyl sites for hydroxylation is 1. The number of amides is 1. The van der Waals surface area contributed by atoms with E-state index in [4.69, 9.17) is 4.74 Å². The summed E-state index contributed by atoms with van der Waals surface area (Å²) in [4.78, 5) is 24.0. The van der Waals surface area contributed by atoms with Crippen LogP contribution in [0.4, 0.5) is 0 Å². The number of carbonyl (C=O) groups excluding carboxylic acids is 2. The number of benzene rings is 3. The summed E-state index contributed by atoms with van der Waals surface area (Å²) in [7, 11) is 0. The first kappa shape index (κ1) is 18.8. The minimum absolute atomic E-state index is 0.00685. The molecule has 0 aliphatic rings. The number of aromatic hydroxyl groups is 1. The van der Waals surface area contributed by atoms with E-state index in [0.29, 0.717) is 22.4 Å². The van der Waals surface area contributed by atoms with E-state index in [0.717, 1.165) is 5.56 Å². The smallest absolute Gasteiger partial charge is 0.343 e. The predicted octanol–water partition coefficient (Wildman–Crippen LogP) is 3.68. The van der Waals surface area contributed by atoms with Crippen LogP contribution in [0.2, 0.25) is 0 Å². The zero-order valence-corrected chi connectivity index (χ0v) is 15.1. The van der Waals surface area contributed by atoms with Gasteiger partial charge in [0.2, 0.25) is 0 Å². The molecule has 3 aromatic carbocycles. The number of ether oxygens (including phenoxy) is 1. The second kappa shape index (κ2) is 8.64. The lowest BCUT2D eigenvalue weighted by atomic mass is 10.1. The van der Waals surface area contributed by atoms with E-state index in [2.05, 4.69) is 10.5 Å². The number of phenols is 1. The Labute approximate surface area is 162 Å². The fraction of sp³-hybridized carbons (Fsp3) is 0.0455. The molecule has 140 valence electrons. The number of hydrogen-bond acceptors (Lipinski definition) is 5. The molecule has 0 unspecified atom stereocenters. The van der Waals surface area contributed by atoms with Crippen LogP contribution >= 0.6 is 0 Å². The molecule has 0 fully saturated rings. The molecule has 0 aliphatic heterocycles. The van der Waals surface area contributed by atoms with E-state index in [1.54, 1.807) is 48.5 Å². The molecule has 0 aliphatic carbocycles. The summed E-state index contributed by atoms with van der Waals surface area (Å²) in [5.41, 5.74) is 4.94. The van der Waals surface area contributed by atoms with Gasteiger partial charge in [-0.05, 0) is 67.1 Å². The number of carbonyl (C=O) groups is 2. The molecule has 6 nitrogen and oxygen atoms in total. The molecule has 6 heteroatoms. The fourth-order valence-corrected chi connectivity index (χ4v) is 2.35. The Kier molecular flexibility index (Phi) is 5.81. The number of hydrazone groups is 1. The summed E-state index contributed by atoms with van der Waals surface area (Å²) in [6, 6.07) is 19.8. The Morgan fingerprint density at radius 3 is 2.36 bits per heavy atom. The van der Waals surface area contributed by atoms with Crippen LogP contribution in [0.3, 0.4) is 0 Å². The number of nitrogens with one attached hydrogen (secondary N) is 1. The van der Waals surface area contributed by atoms with Gasteiger partial charge in [0, 0.05) is 5.56 Å². The maximum absolute atomic E-state index is 12.1. The highest BCUT2D eigenvalue weighted by molar-refractivity contribution is 5.95. The van der Waals surface area contributed by atoms with Crippen LogP contribution in [0, 0.1) is 6.92 Å². The number of esters is 1. The van der Waals surface area contributed by atoms with Crippen LogP contribution in [0.25, 0.3) is 0 Å². The second-order valence-corrected chi connectivity index (χ2v) is 6.07. The largest absolute Gasteiger partial charge is 0.508 e. The molecule has 3 rings (SSSR count). The molecular weight excluding hydrogens is 356 g/mol. The summed E-state index contributed by atoms with van der Waals surface area (Å²) in [6.45, 7) is 1.95. The highest BCUT2D eigenvalue weighted by atomic mass is 16.5.